The van der Waals surface area contributed by atoms with Gasteiger partial charge in [-0.3, -0.25) is 0 Å². The van der Waals surface area contributed by atoms with E-state index in [1.165, 1.54) is 16.3 Å². The molecule has 3 rings (SSSR count). The van der Waals surface area contributed by atoms with E-state index in [4.69, 9.17) is 5.73 Å². The third kappa shape index (κ3) is 2.50. The van der Waals surface area contributed by atoms with Crippen LogP contribution in [-0.4, -0.2) is 10.2 Å². The predicted octanol–water partition coefficient (Wildman–Crippen LogP) is 3.30. The van der Waals surface area contributed by atoms with Crippen molar-refractivity contribution in [3.05, 3.63) is 58.0 Å². The molecule has 0 aliphatic heterocycles. The molecule has 0 saturated heterocycles. The van der Waals surface area contributed by atoms with Crippen molar-refractivity contribution in [3.63, 3.8) is 0 Å². The first-order valence-corrected chi connectivity index (χ1v) is 7.10. The number of hydrogen-bond donors (Lipinski definition) is 1. The highest BCUT2D eigenvalue weighted by molar-refractivity contribution is 7.11. The zero-order valence-electron chi connectivity index (χ0n) is 10.7. The number of fused-ring (bicyclic) bond motifs is 1. The van der Waals surface area contributed by atoms with Crippen LogP contribution in [0.4, 0.5) is 0 Å². The standard InChI is InChI=1S/C15H15N3S/c1-10(16)15-18-17-14(19-15)9-12-7-4-6-11-5-2-3-8-13(11)12/h2-8,10H,9,16H2,1H3. The second kappa shape index (κ2) is 5.07. The van der Waals surface area contributed by atoms with Crippen molar-refractivity contribution < 1.29 is 0 Å². The zero-order valence-corrected chi connectivity index (χ0v) is 11.5. The Labute approximate surface area is 116 Å². The molecule has 96 valence electrons. The highest BCUT2D eigenvalue weighted by Crippen LogP contribution is 2.23. The lowest BCUT2D eigenvalue weighted by Gasteiger charge is -2.04. The van der Waals surface area contributed by atoms with Crippen LogP contribution in [0.1, 0.15) is 28.5 Å². The molecule has 1 unspecified atom stereocenters. The van der Waals surface area contributed by atoms with Crippen LogP contribution in [0.5, 0.6) is 0 Å². The summed E-state index contributed by atoms with van der Waals surface area (Å²) in [6.07, 6.45) is 0.811. The topological polar surface area (TPSA) is 51.8 Å². The molecule has 1 heterocycles. The highest BCUT2D eigenvalue weighted by atomic mass is 32.1. The van der Waals surface area contributed by atoms with Gasteiger partial charge in [-0.25, -0.2) is 0 Å². The van der Waals surface area contributed by atoms with Gasteiger partial charge in [0, 0.05) is 6.42 Å². The molecule has 2 N–H and O–H groups in total. The molecule has 2 aromatic carbocycles. The minimum atomic E-state index is -0.0428. The van der Waals surface area contributed by atoms with Gasteiger partial charge in [0.1, 0.15) is 10.0 Å². The van der Waals surface area contributed by atoms with Gasteiger partial charge in [0.15, 0.2) is 0 Å². The van der Waals surface area contributed by atoms with E-state index in [1.807, 2.05) is 6.92 Å². The first-order chi connectivity index (χ1) is 9.24. The molecular formula is C15H15N3S. The fourth-order valence-corrected chi connectivity index (χ4v) is 2.95. The molecule has 0 radical (unpaired) electrons. The van der Waals surface area contributed by atoms with Crippen molar-refractivity contribution in [1.82, 2.24) is 10.2 Å². The summed E-state index contributed by atoms with van der Waals surface area (Å²) in [6, 6.07) is 14.7. The predicted molar refractivity (Wildman–Crippen MR) is 79.3 cm³/mol. The molecule has 0 amide bonds. The third-order valence-corrected chi connectivity index (χ3v) is 4.22. The highest BCUT2D eigenvalue weighted by Gasteiger charge is 2.09. The Morgan fingerprint density at radius 2 is 1.89 bits per heavy atom. The summed E-state index contributed by atoms with van der Waals surface area (Å²) >= 11 is 1.60. The quantitative estimate of drug-likeness (QED) is 0.793. The fraction of sp³-hybridized carbons (Fsp3) is 0.200. The molecule has 0 spiro atoms. The summed E-state index contributed by atoms with van der Waals surface area (Å²) in [5.74, 6) is 0. The van der Waals surface area contributed by atoms with Crippen LogP contribution in [0.25, 0.3) is 10.8 Å². The van der Waals surface area contributed by atoms with Crippen molar-refractivity contribution in [2.24, 2.45) is 5.73 Å². The molecule has 19 heavy (non-hydrogen) atoms. The minimum absolute atomic E-state index is 0.0428. The molecule has 3 aromatic rings. The molecule has 4 heteroatoms. The summed E-state index contributed by atoms with van der Waals surface area (Å²) in [6.45, 7) is 1.93. The Hall–Kier alpha value is -1.78. The molecular weight excluding hydrogens is 254 g/mol. The number of rotatable bonds is 3. The van der Waals surface area contributed by atoms with Gasteiger partial charge in [0.25, 0.3) is 0 Å². The van der Waals surface area contributed by atoms with E-state index in [9.17, 15) is 0 Å². The average molecular weight is 269 g/mol. The zero-order chi connectivity index (χ0) is 13.2. The van der Waals surface area contributed by atoms with E-state index in [0.29, 0.717) is 0 Å². The smallest absolute Gasteiger partial charge is 0.133 e. The summed E-state index contributed by atoms with van der Waals surface area (Å²) < 4.78 is 0. The van der Waals surface area contributed by atoms with Crippen molar-refractivity contribution in [2.45, 2.75) is 19.4 Å². The molecule has 0 fully saturated rings. The summed E-state index contributed by atoms with van der Waals surface area (Å²) in [5.41, 5.74) is 7.10. The Morgan fingerprint density at radius 3 is 2.68 bits per heavy atom. The Bertz CT molecular complexity index is 698. The number of benzene rings is 2. The minimum Gasteiger partial charge on any atom is -0.322 e. The Morgan fingerprint density at radius 1 is 1.11 bits per heavy atom. The van der Waals surface area contributed by atoms with E-state index in [1.54, 1.807) is 11.3 Å². The molecule has 3 nitrogen and oxygen atoms in total. The summed E-state index contributed by atoms with van der Waals surface area (Å²) in [7, 11) is 0. The summed E-state index contributed by atoms with van der Waals surface area (Å²) in [5, 5.41) is 12.8. The van der Waals surface area contributed by atoms with Crippen LogP contribution >= 0.6 is 11.3 Å². The average Bonchev–Trinajstić information content (AvgIpc) is 2.88. The molecule has 0 aliphatic rings. The lowest BCUT2D eigenvalue weighted by molar-refractivity contribution is 0.783. The lowest BCUT2D eigenvalue weighted by atomic mass is 10.0. The number of hydrogen-bond acceptors (Lipinski definition) is 4. The molecule has 1 atom stereocenters. The van der Waals surface area contributed by atoms with Crippen LogP contribution in [0.15, 0.2) is 42.5 Å². The van der Waals surface area contributed by atoms with E-state index >= 15 is 0 Å². The van der Waals surface area contributed by atoms with Gasteiger partial charge in [-0.15, -0.1) is 10.2 Å². The monoisotopic (exact) mass is 269 g/mol. The maximum absolute atomic E-state index is 5.82. The van der Waals surface area contributed by atoms with Gasteiger partial charge in [0.05, 0.1) is 6.04 Å². The Balaban J connectivity index is 1.96. The number of nitrogens with two attached hydrogens (primary N) is 1. The molecule has 0 bridgehead atoms. The van der Waals surface area contributed by atoms with Gasteiger partial charge >= 0.3 is 0 Å². The number of nitrogens with zero attached hydrogens (tertiary/aromatic N) is 2. The maximum atomic E-state index is 5.82. The largest absolute Gasteiger partial charge is 0.322 e. The van der Waals surface area contributed by atoms with Gasteiger partial charge in [-0.2, -0.15) is 0 Å². The van der Waals surface area contributed by atoms with Gasteiger partial charge in [-0.1, -0.05) is 53.8 Å². The fourth-order valence-electron chi connectivity index (χ4n) is 2.13. The van der Waals surface area contributed by atoms with E-state index < -0.39 is 0 Å². The van der Waals surface area contributed by atoms with Crippen LogP contribution in [-0.2, 0) is 6.42 Å². The normalized spacial score (nSPS) is 12.7. The van der Waals surface area contributed by atoms with Crippen LogP contribution < -0.4 is 5.73 Å². The second-order valence-corrected chi connectivity index (χ2v) is 5.73. The van der Waals surface area contributed by atoms with E-state index in [0.717, 1.165) is 16.4 Å². The lowest BCUT2D eigenvalue weighted by Crippen LogP contribution is -2.03. The van der Waals surface area contributed by atoms with Crippen molar-refractivity contribution in [1.29, 1.82) is 0 Å². The van der Waals surface area contributed by atoms with Gasteiger partial charge in [-0.05, 0) is 23.3 Å². The molecule has 0 saturated carbocycles. The first kappa shape index (κ1) is 12.3. The van der Waals surface area contributed by atoms with E-state index in [2.05, 4.69) is 52.7 Å². The molecule has 0 aliphatic carbocycles. The number of aromatic nitrogens is 2. The van der Waals surface area contributed by atoms with Crippen molar-refractivity contribution >= 4 is 22.1 Å². The third-order valence-electron chi connectivity index (χ3n) is 3.09. The van der Waals surface area contributed by atoms with Gasteiger partial charge < -0.3 is 5.73 Å². The van der Waals surface area contributed by atoms with Crippen LogP contribution in [0, 0.1) is 0 Å². The SMILES string of the molecule is CC(N)c1nnc(Cc2cccc3ccccc23)s1. The molecule has 1 aromatic heterocycles. The van der Waals surface area contributed by atoms with E-state index in [-0.39, 0.29) is 6.04 Å². The van der Waals surface area contributed by atoms with Crippen LogP contribution in [0.2, 0.25) is 0 Å². The Kier molecular flexibility index (Phi) is 3.27. The van der Waals surface area contributed by atoms with Crippen molar-refractivity contribution in [3.8, 4) is 0 Å². The first-order valence-electron chi connectivity index (χ1n) is 6.28. The van der Waals surface area contributed by atoms with Crippen molar-refractivity contribution in [2.75, 3.05) is 0 Å². The van der Waals surface area contributed by atoms with Gasteiger partial charge in [0.2, 0.25) is 0 Å². The maximum Gasteiger partial charge on any atom is 0.133 e. The second-order valence-electron chi connectivity index (χ2n) is 4.64. The summed E-state index contributed by atoms with van der Waals surface area (Å²) in [4.78, 5) is 0. The van der Waals surface area contributed by atoms with Crippen LogP contribution in [0.3, 0.4) is 0 Å².